The van der Waals surface area contributed by atoms with Gasteiger partial charge in [0.2, 0.25) is 0 Å². The monoisotopic (exact) mass is 304 g/mol. The summed E-state index contributed by atoms with van der Waals surface area (Å²) in [6.07, 6.45) is 4.01. The molecule has 0 N–H and O–H groups in total. The molecule has 1 aromatic heterocycles. The Morgan fingerprint density at radius 1 is 1.25 bits per heavy atom. The molecule has 0 aliphatic heterocycles. The van der Waals surface area contributed by atoms with E-state index in [0.29, 0.717) is 11.1 Å². The number of aromatic nitrogens is 2. The molecule has 4 heteroatoms. The van der Waals surface area contributed by atoms with Crippen LogP contribution in [0.4, 0.5) is 0 Å². The van der Waals surface area contributed by atoms with E-state index in [1.54, 1.807) is 0 Å². The maximum Gasteiger partial charge on any atom is 0.147 e. The normalized spacial score (nSPS) is 11.1. The van der Waals surface area contributed by atoms with Gasteiger partial charge in [0.25, 0.3) is 0 Å². The molecule has 0 aliphatic rings. The topological polar surface area (TPSA) is 25.8 Å². The maximum atomic E-state index is 6.07. The second kappa shape index (κ2) is 6.55. The molecular formula is C12H18BrClN2. The zero-order valence-corrected chi connectivity index (χ0v) is 12.4. The smallest absolute Gasteiger partial charge is 0.147 e. The van der Waals surface area contributed by atoms with Crippen molar-refractivity contribution in [1.29, 1.82) is 0 Å². The quantitative estimate of drug-likeness (QED) is 0.752. The van der Waals surface area contributed by atoms with Gasteiger partial charge in [0.05, 0.1) is 10.2 Å². The van der Waals surface area contributed by atoms with Crippen LogP contribution in [0, 0.1) is 5.92 Å². The lowest BCUT2D eigenvalue weighted by Gasteiger charge is -2.08. The van der Waals surface area contributed by atoms with Gasteiger partial charge in [-0.3, -0.25) is 0 Å². The molecule has 0 aromatic carbocycles. The van der Waals surface area contributed by atoms with E-state index in [0.717, 1.165) is 41.7 Å². The molecule has 1 aromatic rings. The van der Waals surface area contributed by atoms with E-state index in [4.69, 9.17) is 11.6 Å². The van der Waals surface area contributed by atoms with Gasteiger partial charge in [0.1, 0.15) is 11.0 Å². The van der Waals surface area contributed by atoms with Gasteiger partial charge in [-0.15, -0.1) is 0 Å². The van der Waals surface area contributed by atoms with Crippen molar-refractivity contribution in [2.24, 2.45) is 5.92 Å². The number of hydrogen-bond donors (Lipinski definition) is 0. The van der Waals surface area contributed by atoms with Gasteiger partial charge in [0, 0.05) is 6.42 Å². The first-order valence-electron chi connectivity index (χ1n) is 5.75. The first-order chi connectivity index (χ1) is 7.54. The van der Waals surface area contributed by atoms with Crippen molar-refractivity contribution in [1.82, 2.24) is 9.97 Å². The Kier molecular flexibility index (Phi) is 5.70. The zero-order chi connectivity index (χ0) is 12.1. The van der Waals surface area contributed by atoms with Crippen LogP contribution in [0.15, 0.2) is 4.47 Å². The lowest BCUT2D eigenvalue weighted by molar-refractivity contribution is 0.573. The van der Waals surface area contributed by atoms with Gasteiger partial charge in [0.15, 0.2) is 0 Å². The predicted octanol–water partition coefficient (Wildman–Crippen LogP) is 4.43. The SMILES string of the molecule is CCCc1nc(CCC(C)C)nc(Cl)c1Br. The molecule has 0 saturated carbocycles. The lowest BCUT2D eigenvalue weighted by Crippen LogP contribution is -2.03. The van der Waals surface area contributed by atoms with Crippen LogP contribution in [0.25, 0.3) is 0 Å². The molecule has 16 heavy (non-hydrogen) atoms. The summed E-state index contributed by atoms with van der Waals surface area (Å²) in [5.74, 6) is 1.53. The number of aryl methyl sites for hydroxylation is 2. The van der Waals surface area contributed by atoms with E-state index in [-0.39, 0.29) is 0 Å². The lowest BCUT2D eigenvalue weighted by atomic mass is 10.1. The number of rotatable bonds is 5. The molecule has 1 rings (SSSR count). The van der Waals surface area contributed by atoms with Gasteiger partial charge in [-0.05, 0) is 34.7 Å². The molecule has 0 atom stereocenters. The fourth-order valence-electron chi connectivity index (χ4n) is 1.44. The van der Waals surface area contributed by atoms with Crippen molar-refractivity contribution in [3.05, 3.63) is 21.1 Å². The summed E-state index contributed by atoms with van der Waals surface area (Å²) >= 11 is 9.51. The third-order valence-electron chi connectivity index (χ3n) is 2.36. The molecule has 0 radical (unpaired) electrons. The summed E-state index contributed by atoms with van der Waals surface area (Å²) in [6.45, 7) is 6.54. The predicted molar refractivity (Wildman–Crippen MR) is 71.9 cm³/mol. The highest BCUT2D eigenvalue weighted by Crippen LogP contribution is 2.24. The summed E-state index contributed by atoms with van der Waals surface area (Å²) in [6, 6.07) is 0. The molecule has 0 unspecified atom stereocenters. The molecular weight excluding hydrogens is 288 g/mol. The van der Waals surface area contributed by atoms with E-state index >= 15 is 0 Å². The first-order valence-corrected chi connectivity index (χ1v) is 6.92. The highest BCUT2D eigenvalue weighted by Gasteiger charge is 2.10. The highest BCUT2D eigenvalue weighted by molar-refractivity contribution is 9.10. The molecule has 0 saturated heterocycles. The van der Waals surface area contributed by atoms with Gasteiger partial charge in [-0.2, -0.15) is 0 Å². The standard InChI is InChI=1S/C12H18BrClN2/c1-4-5-9-11(13)12(14)16-10(15-9)7-6-8(2)3/h8H,4-7H2,1-3H3. The van der Waals surface area contributed by atoms with Gasteiger partial charge in [-0.1, -0.05) is 38.8 Å². The minimum absolute atomic E-state index is 0.539. The van der Waals surface area contributed by atoms with E-state index < -0.39 is 0 Å². The van der Waals surface area contributed by atoms with Crippen molar-refractivity contribution in [2.75, 3.05) is 0 Å². The largest absolute Gasteiger partial charge is 0.237 e. The van der Waals surface area contributed by atoms with Crippen LogP contribution in [0.2, 0.25) is 5.15 Å². The highest BCUT2D eigenvalue weighted by atomic mass is 79.9. The molecule has 0 aliphatic carbocycles. The zero-order valence-electron chi connectivity index (χ0n) is 10.1. The molecule has 0 amide bonds. The van der Waals surface area contributed by atoms with Crippen LogP contribution >= 0.6 is 27.5 Å². The van der Waals surface area contributed by atoms with Crippen LogP contribution in [-0.4, -0.2) is 9.97 Å². The van der Waals surface area contributed by atoms with Crippen LogP contribution in [0.1, 0.15) is 45.1 Å². The third-order valence-corrected chi connectivity index (χ3v) is 3.69. The third kappa shape index (κ3) is 4.02. The molecule has 0 bridgehead atoms. The Hall–Kier alpha value is -0.150. The van der Waals surface area contributed by atoms with Crippen molar-refractivity contribution in [3.63, 3.8) is 0 Å². The van der Waals surface area contributed by atoms with Crippen molar-refractivity contribution in [2.45, 2.75) is 46.5 Å². The summed E-state index contributed by atoms with van der Waals surface area (Å²) < 4.78 is 0.851. The Balaban J connectivity index is 2.86. The summed E-state index contributed by atoms with van der Waals surface area (Å²) in [5, 5.41) is 0.539. The summed E-state index contributed by atoms with van der Waals surface area (Å²) in [5.41, 5.74) is 1.03. The minimum atomic E-state index is 0.539. The Morgan fingerprint density at radius 2 is 1.94 bits per heavy atom. The maximum absolute atomic E-state index is 6.07. The second-order valence-electron chi connectivity index (χ2n) is 4.37. The van der Waals surface area contributed by atoms with Crippen molar-refractivity contribution >= 4 is 27.5 Å². The van der Waals surface area contributed by atoms with Crippen molar-refractivity contribution < 1.29 is 0 Å². The van der Waals surface area contributed by atoms with Crippen molar-refractivity contribution in [3.8, 4) is 0 Å². The summed E-state index contributed by atoms with van der Waals surface area (Å²) in [4.78, 5) is 8.85. The second-order valence-corrected chi connectivity index (χ2v) is 5.52. The van der Waals surface area contributed by atoms with Crippen LogP contribution < -0.4 is 0 Å². The number of hydrogen-bond acceptors (Lipinski definition) is 2. The average molecular weight is 306 g/mol. The molecule has 90 valence electrons. The minimum Gasteiger partial charge on any atom is -0.237 e. The van der Waals surface area contributed by atoms with Gasteiger partial charge < -0.3 is 0 Å². The van der Waals surface area contributed by atoms with Crippen LogP contribution in [0.3, 0.4) is 0 Å². The molecule has 0 fully saturated rings. The Morgan fingerprint density at radius 3 is 2.50 bits per heavy atom. The van der Waals surface area contributed by atoms with E-state index in [1.807, 2.05) is 0 Å². The van der Waals surface area contributed by atoms with Gasteiger partial charge in [-0.25, -0.2) is 9.97 Å². The molecule has 2 nitrogen and oxygen atoms in total. The van der Waals surface area contributed by atoms with Gasteiger partial charge >= 0.3 is 0 Å². The van der Waals surface area contributed by atoms with E-state index in [2.05, 4.69) is 46.7 Å². The average Bonchev–Trinajstić information content (AvgIpc) is 2.22. The van der Waals surface area contributed by atoms with Crippen LogP contribution in [0.5, 0.6) is 0 Å². The molecule has 1 heterocycles. The number of nitrogens with zero attached hydrogens (tertiary/aromatic N) is 2. The molecule has 0 spiro atoms. The Bertz CT molecular complexity index is 353. The van der Waals surface area contributed by atoms with Crippen LogP contribution in [-0.2, 0) is 12.8 Å². The van der Waals surface area contributed by atoms with E-state index in [9.17, 15) is 0 Å². The number of halogens is 2. The first kappa shape index (κ1) is 13.9. The summed E-state index contributed by atoms with van der Waals surface area (Å²) in [7, 11) is 0. The fourth-order valence-corrected chi connectivity index (χ4v) is 2.03. The fraction of sp³-hybridized carbons (Fsp3) is 0.667. The van der Waals surface area contributed by atoms with E-state index in [1.165, 1.54) is 0 Å². The Labute approximate surface area is 111 Å².